The van der Waals surface area contributed by atoms with E-state index in [9.17, 15) is 19.0 Å². The first-order chi connectivity index (χ1) is 18.5. The van der Waals surface area contributed by atoms with Gasteiger partial charge in [-0.25, -0.2) is 9.36 Å². The van der Waals surface area contributed by atoms with Gasteiger partial charge >= 0.3 is 13.9 Å². The Balaban J connectivity index is 2.00. The van der Waals surface area contributed by atoms with Crippen molar-refractivity contribution in [3.8, 4) is 0 Å². The Morgan fingerprint density at radius 2 is 1.33 bits per heavy atom. The largest absolute Gasteiger partial charge is 0.472 e. The van der Waals surface area contributed by atoms with Crippen molar-refractivity contribution < 1.29 is 37.3 Å². The van der Waals surface area contributed by atoms with Gasteiger partial charge < -0.3 is 19.0 Å². The summed E-state index contributed by atoms with van der Waals surface area (Å²) in [6, 6.07) is 0. The van der Waals surface area contributed by atoms with Crippen molar-refractivity contribution in [1.82, 2.24) is 4.90 Å². The first-order valence-corrected chi connectivity index (χ1v) is 16.9. The lowest BCUT2D eigenvalue weighted by Crippen LogP contribution is -2.37. The van der Waals surface area contributed by atoms with E-state index in [4.69, 9.17) is 13.8 Å². The molecule has 2 unspecified atom stereocenters. The van der Waals surface area contributed by atoms with E-state index >= 15 is 0 Å². The minimum Gasteiger partial charge on any atom is -0.449 e. The third-order valence-electron chi connectivity index (χ3n) is 7.18. The Morgan fingerprint density at radius 3 is 1.82 bits per heavy atom. The minimum absolute atomic E-state index is 0.0632. The van der Waals surface area contributed by atoms with E-state index in [1.165, 1.54) is 88.4 Å². The Hall–Kier alpha value is -0.990. The van der Waals surface area contributed by atoms with Crippen LogP contribution < -0.4 is 0 Å². The second kappa shape index (κ2) is 20.8. The van der Waals surface area contributed by atoms with Gasteiger partial charge in [-0.3, -0.25) is 13.8 Å². The lowest BCUT2D eigenvalue weighted by molar-refractivity contribution is -0.870. The number of unbranched alkanes of at least 4 members (excludes halogenated alkanes) is 15. The maximum absolute atomic E-state index is 12.3. The highest BCUT2D eigenvalue weighted by atomic mass is 31.2. The second-order valence-electron chi connectivity index (χ2n) is 12.1. The van der Waals surface area contributed by atoms with E-state index in [2.05, 4.69) is 6.92 Å². The highest BCUT2D eigenvalue weighted by molar-refractivity contribution is 7.47. The molecule has 1 amide bonds. The van der Waals surface area contributed by atoms with Gasteiger partial charge in [-0.2, -0.15) is 0 Å². The molecule has 1 fully saturated rings. The average Bonchev–Trinajstić information content (AvgIpc) is 3.24. The fourth-order valence-electron chi connectivity index (χ4n) is 4.59. The van der Waals surface area contributed by atoms with E-state index in [0.717, 1.165) is 19.3 Å². The van der Waals surface area contributed by atoms with E-state index in [1.54, 1.807) is 0 Å². The Kier molecular flexibility index (Phi) is 19.2. The summed E-state index contributed by atoms with van der Waals surface area (Å²) in [6.07, 6.45) is 20.1. The molecule has 9 nitrogen and oxygen atoms in total. The number of carbonyl (C=O) groups excluding carboxylic acids is 2. The molecule has 0 aromatic carbocycles. The number of likely N-dealkylation sites (tertiary alicyclic amines) is 1. The zero-order valence-electron chi connectivity index (χ0n) is 25.4. The van der Waals surface area contributed by atoms with Gasteiger partial charge in [-0.1, -0.05) is 103 Å². The molecule has 1 N–H and O–H groups in total. The molecule has 1 saturated heterocycles. The highest BCUT2D eigenvalue weighted by Gasteiger charge is 2.36. The number of phosphoric acid groups is 1. The Morgan fingerprint density at radius 1 is 0.846 bits per heavy atom. The van der Waals surface area contributed by atoms with Crippen LogP contribution in [0.2, 0.25) is 0 Å². The maximum atomic E-state index is 12.3. The molecule has 1 heterocycles. The number of rotatable bonds is 24. The lowest BCUT2D eigenvalue weighted by atomic mass is 10.0. The molecule has 0 radical (unpaired) electrons. The van der Waals surface area contributed by atoms with Gasteiger partial charge in [0.15, 0.2) is 5.78 Å². The number of ether oxygens (including phenoxy) is 1. The number of Topliss-reactive ketones (excluding diaryl/α,β-unsaturated/α-hetero) is 1. The number of nitrogens with zero attached hydrogens (tertiary/aromatic N) is 2. The summed E-state index contributed by atoms with van der Waals surface area (Å²) in [5.41, 5.74) is 0. The molecule has 0 aliphatic carbocycles. The number of phosphoric ester groups is 1. The SMILES string of the molecule is CCCCCCCCCCCCCCCCCCOC(=O)N1CC(=O)C(COP(=O)(O)OCC[N+](C)(C)C)C1. The molecular formula is C29H58N2O7P+. The molecule has 1 rings (SSSR count). The van der Waals surface area contributed by atoms with Crippen molar-refractivity contribution in [2.75, 3.05) is 60.6 Å². The molecule has 10 heteroatoms. The van der Waals surface area contributed by atoms with Crippen LogP contribution in [-0.4, -0.2) is 86.8 Å². The number of hydrogen-bond acceptors (Lipinski definition) is 6. The zero-order valence-corrected chi connectivity index (χ0v) is 26.3. The summed E-state index contributed by atoms with van der Waals surface area (Å²) >= 11 is 0. The smallest absolute Gasteiger partial charge is 0.449 e. The average molecular weight is 578 g/mol. The van der Waals surface area contributed by atoms with Gasteiger partial charge in [0.1, 0.15) is 13.2 Å². The van der Waals surface area contributed by atoms with Gasteiger partial charge in [-0.15, -0.1) is 0 Å². The van der Waals surface area contributed by atoms with Crippen molar-refractivity contribution in [2.45, 2.75) is 110 Å². The van der Waals surface area contributed by atoms with Crippen LogP contribution in [0, 0.1) is 5.92 Å². The maximum Gasteiger partial charge on any atom is 0.472 e. The summed E-state index contributed by atoms with van der Waals surface area (Å²) in [5, 5.41) is 0. The van der Waals surface area contributed by atoms with Crippen LogP contribution in [0.15, 0.2) is 0 Å². The predicted molar refractivity (Wildman–Crippen MR) is 156 cm³/mol. The summed E-state index contributed by atoms with van der Waals surface area (Å²) < 4.78 is 27.9. The van der Waals surface area contributed by atoms with Crippen LogP contribution in [0.4, 0.5) is 4.79 Å². The molecule has 0 spiro atoms. The standard InChI is InChI=1S/C29H57N2O7P/c1-5-6-7-8-9-10-11-12-13-14-15-16-17-18-19-20-22-36-29(33)30-24-27(28(32)25-30)26-38-39(34,35)37-23-21-31(2,3)4/h27H,5-26H2,1-4H3/p+1. The second-order valence-corrected chi connectivity index (χ2v) is 13.5. The first kappa shape index (κ1) is 36.0. The third kappa shape index (κ3) is 19.7. The third-order valence-corrected chi connectivity index (χ3v) is 8.16. The molecule has 0 bridgehead atoms. The molecule has 0 aromatic heterocycles. The summed E-state index contributed by atoms with van der Waals surface area (Å²) in [7, 11) is 1.58. The van der Waals surface area contributed by atoms with E-state index in [-0.39, 0.29) is 32.1 Å². The van der Waals surface area contributed by atoms with Crippen LogP contribution in [0.1, 0.15) is 110 Å². The van der Waals surface area contributed by atoms with Gasteiger partial charge in [0.05, 0.1) is 46.8 Å². The number of hydrogen-bond donors (Lipinski definition) is 1. The van der Waals surface area contributed by atoms with Crippen LogP contribution in [0.3, 0.4) is 0 Å². The molecule has 0 saturated carbocycles. The van der Waals surface area contributed by atoms with Gasteiger partial charge in [0.2, 0.25) is 0 Å². The zero-order chi connectivity index (χ0) is 29.0. The van der Waals surface area contributed by atoms with E-state index < -0.39 is 19.8 Å². The number of ketones is 1. The van der Waals surface area contributed by atoms with Crippen molar-refractivity contribution >= 4 is 19.7 Å². The van der Waals surface area contributed by atoms with E-state index in [0.29, 0.717) is 17.6 Å². The lowest BCUT2D eigenvalue weighted by Gasteiger charge is -2.24. The molecule has 2 atom stereocenters. The van der Waals surface area contributed by atoms with Crippen LogP contribution in [0.5, 0.6) is 0 Å². The first-order valence-electron chi connectivity index (χ1n) is 15.4. The van der Waals surface area contributed by atoms with Gasteiger partial charge in [0.25, 0.3) is 0 Å². The van der Waals surface area contributed by atoms with Crippen molar-refractivity contribution in [3.63, 3.8) is 0 Å². The molecule has 1 aliphatic rings. The quantitative estimate of drug-likeness (QED) is 0.0771. The number of quaternary nitrogens is 1. The van der Waals surface area contributed by atoms with Crippen molar-refractivity contribution in [1.29, 1.82) is 0 Å². The van der Waals surface area contributed by atoms with Crippen molar-refractivity contribution in [3.05, 3.63) is 0 Å². The molecule has 230 valence electrons. The summed E-state index contributed by atoms with van der Waals surface area (Å²) in [5.74, 6) is -0.865. The Labute approximate surface area is 238 Å². The highest BCUT2D eigenvalue weighted by Crippen LogP contribution is 2.43. The number of likely N-dealkylation sites (N-methyl/N-ethyl adjacent to an activating group) is 1. The Bertz CT molecular complexity index is 714. The van der Waals surface area contributed by atoms with E-state index in [1.807, 2.05) is 21.1 Å². The molecule has 0 aromatic rings. The van der Waals surface area contributed by atoms with Crippen LogP contribution in [0.25, 0.3) is 0 Å². The molecular weight excluding hydrogens is 519 g/mol. The van der Waals surface area contributed by atoms with Gasteiger partial charge in [-0.05, 0) is 6.42 Å². The number of amides is 1. The molecule has 1 aliphatic heterocycles. The normalized spacial score (nSPS) is 17.5. The molecule has 39 heavy (non-hydrogen) atoms. The van der Waals surface area contributed by atoms with Crippen LogP contribution in [-0.2, 0) is 23.1 Å². The fourth-order valence-corrected chi connectivity index (χ4v) is 5.34. The monoisotopic (exact) mass is 577 g/mol. The summed E-state index contributed by atoms with van der Waals surface area (Å²) in [6.45, 7) is 3.00. The topological polar surface area (TPSA) is 102 Å². The number of carbonyl (C=O) groups is 2. The van der Waals surface area contributed by atoms with Crippen molar-refractivity contribution in [2.24, 2.45) is 5.92 Å². The summed E-state index contributed by atoms with van der Waals surface area (Å²) in [4.78, 5) is 35.7. The predicted octanol–water partition coefficient (Wildman–Crippen LogP) is 6.73. The fraction of sp³-hybridized carbons (Fsp3) is 0.931. The minimum atomic E-state index is -4.25. The van der Waals surface area contributed by atoms with Gasteiger partial charge in [0, 0.05) is 6.54 Å². The van der Waals surface area contributed by atoms with Crippen LogP contribution >= 0.6 is 7.82 Å².